The van der Waals surface area contributed by atoms with E-state index in [0.29, 0.717) is 38.2 Å². The minimum absolute atomic E-state index is 0.223. The molecule has 0 saturated carbocycles. The van der Waals surface area contributed by atoms with Gasteiger partial charge in [-0.3, -0.25) is 19.2 Å². The highest BCUT2D eigenvalue weighted by molar-refractivity contribution is 8.00. The number of carbonyl (C=O) groups excluding carboxylic acids is 4. The van der Waals surface area contributed by atoms with E-state index < -0.39 is 34.9 Å². The highest BCUT2D eigenvalue weighted by Gasteiger charge is 2.56. The van der Waals surface area contributed by atoms with Crippen LogP contribution in [0.15, 0.2) is 88.7 Å². The zero-order chi connectivity index (χ0) is 30.1. The molecule has 1 saturated heterocycles. The second-order valence-corrected chi connectivity index (χ2v) is 11.9. The van der Waals surface area contributed by atoms with Crippen LogP contribution in [0.3, 0.4) is 0 Å². The Bertz CT molecular complexity index is 1770. The molecule has 0 radical (unpaired) electrons. The van der Waals surface area contributed by atoms with Gasteiger partial charge in [0.2, 0.25) is 11.8 Å². The molecule has 4 aromatic rings. The number of hydrogen-bond donors (Lipinski definition) is 2. The van der Waals surface area contributed by atoms with E-state index in [1.54, 1.807) is 67.6 Å². The third-order valence-corrected chi connectivity index (χ3v) is 9.53. The van der Waals surface area contributed by atoms with Gasteiger partial charge in [0.05, 0.1) is 28.8 Å². The SMILES string of the molecule is CCOC(=O)c1ccc(N2C(=O)[C@H]3[C@H](c4ccccc4OCC(=O)Nc4ccccc4)c4sc(=O)[nH]c4S[C@H]3C2=O)cc1. The van der Waals surface area contributed by atoms with Crippen molar-refractivity contribution in [1.29, 1.82) is 0 Å². The molecule has 2 aliphatic rings. The van der Waals surface area contributed by atoms with Crippen molar-refractivity contribution in [2.24, 2.45) is 5.92 Å². The molecular weight excluding hydrogens is 590 g/mol. The van der Waals surface area contributed by atoms with Gasteiger partial charge in [-0.25, -0.2) is 9.69 Å². The number of carbonyl (C=O) groups is 4. The summed E-state index contributed by atoms with van der Waals surface area (Å²) in [7, 11) is 0. The molecule has 3 atom stereocenters. The van der Waals surface area contributed by atoms with Gasteiger partial charge in [-0.2, -0.15) is 0 Å². The van der Waals surface area contributed by atoms with E-state index in [-0.39, 0.29) is 24.0 Å². The quantitative estimate of drug-likeness (QED) is 0.220. The van der Waals surface area contributed by atoms with E-state index >= 15 is 0 Å². The van der Waals surface area contributed by atoms with Crippen LogP contribution in [0.5, 0.6) is 5.75 Å². The molecular formula is C31H25N3O7S2. The van der Waals surface area contributed by atoms with Crippen LogP contribution in [0, 0.1) is 5.92 Å². The fraction of sp³-hybridized carbons (Fsp3) is 0.194. The normalized spacial score (nSPS) is 19.0. The number of anilines is 2. The second-order valence-electron chi connectivity index (χ2n) is 9.77. The Morgan fingerprint density at radius 1 is 0.930 bits per heavy atom. The average Bonchev–Trinajstić information content (AvgIpc) is 3.51. The number of ether oxygens (including phenoxy) is 2. The number of esters is 1. The lowest BCUT2D eigenvalue weighted by molar-refractivity contribution is -0.122. The van der Waals surface area contributed by atoms with Gasteiger partial charge in [0.1, 0.15) is 11.0 Å². The Morgan fingerprint density at radius 3 is 2.40 bits per heavy atom. The van der Waals surface area contributed by atoms with E-state index in [2.05, 4.69) is 10.3 Å². The summed E-state index contributed by atoms with van der Waals surface area (Å²) in [5.74, 6) is -2.88. The lowest BCUT2D eigenvalue weighted by Gasteiger charge is -2.30. The minimum atomic E-state index is -0.843. The monoisotopic (exact) mass is 615 g/mol. The van der Waals surface area contributed by atoms with Gasteiger partial charge in [-0.05, 0) is 49.4 Å². The zero-order valence-electron chi connectivity index (χ0n) is 22.8. The van der Waals surface area contributed by atoms with Crippen molar-refractivity contribution in [1.82, 2.24) is 4.98 Å². The lowest BCUT2D eigenvalue weighted by atomic mass is 9.82. The topological polar surface area (TPSA) is 135 Å². The van der Waals surface area contributed by atoms with Crippen LogP contribution in [0.2, 0.25) is 0 Å². The molecule has 0 aliphatic carbocycles. The van der Waals surface area contributed by atoms with Crippen molar-refractivity contribution >= 4 is 58.2 Å². The summed E-state index contributed by atoms with van der Waals surface area (Å²) < 4.78 is 11.0. The largest absolute Gasteiger partial charge is 0.483 e. The molecule has 0 unspecified atom stereocenters. The van der Waals surface area contributed by atoms with E-state index in [1.807, 2.05) is 6.07 Å². The number of nitrogens with one attached hydrogen (secondary N) is 2. The highest BCUT2D eigenvalue weighted by Crippen LogP contribution is 2.54. The second kappa shape index (κ2) is 11.9. The van der Waals surface area contributed by atoms with Gasteiger partial charge >= 0.3 is 10.8 Å². The van der Waals surface area contributed by atoms with Crippen LogP contribution < -0.4 is 19.8 Å². The molecule has 3 heterocycles. The number of amides is 3. The molecule has 2 N–H and O–H groups in total. The summed E-state index contributed by atoms with van der Waals surface area (Å²) in [4.78, 5) is 69.3. The molecule has 12 heteroatoms. The van der Waals surface area contributed by atoms with Crippen LogP contribution in [0.4, 0.5) is 11.4 Å². The average molecular weight is 616 g/mol. The van der Waals surface area contributed by atoms with Gasteiger partial charge in [0, 0.05) is 22.0 Å². The maximum Gasteiger partial charge on any atom is 0.338 e. The predicted molar refractivity (Wildman–Crippen MR) is 162 cm³/mol. The van der Waals surface area contributed by atoms with Crippen LogP contribution in [-0.4, -0.2) is 47.1 Å². The van der Waals surface area contributed by atoms with Gasteiger partial charge in [-0.15, -0.1) is 0 Å². The van der Waals surface area contributed by atoms with Crippen LogP contribution in [-0.2, 0) is 19.1 Å². The number of benzene rings is 3. The Labute approximate surface area is 254 Å². The van der Waals surface area contributed by atoms with E-state index in [0.717, 1.165) is 28.0 Å². The molecule has 3 aromatic carbocycles. The summed E-state index contributed by atoms with van der Waals surface area (Å²) in [6, 6.07) is 22.1. The maximum absolute atomic E-state index is 14.1. The number of para-hydroxylation sites is 2. The highest BCUT2D eigenvalue weighted by atomic mass is 32.2. The van der Waals surface area contributed by atoms with Crippen LogP contribution in [0.25, 0.3) is 0 Å². The molecule has 0 spiro atoms. The van der Waals surface area contributed by atoms with Crippen molar-refractivity contribution in [2.45, 2.75) is 23.1 Å². The summed E-state index contributed by atoms with van der Waals surface area (Å²) in [6.45, 7) is 1.64. The Kier molecular flexibility index (Phi) is 7.87. The van der Waals surface area contributed by atoms with Crippen molar-refractivity contribution < 1.29 is 28.7 Å². The van der Waals surface area contributed by atoms with E-state index in [4.69, 9.17) is 9.47 Å². The van der Waals surface area contributed by atoms with Crippen molar-refractivity contribution in [2.75, 3.05) is 23.4 Å². The Morgan fingerprint density at radius 2 is 1.65 bits per heavy atom. The zero-order valence-corrected chi connectivity index (χ0v) is 24.4. The molecule has 6 rings (SSSR count). The first-order valence-corrected chi connectivity index (χ1v) is 15.2. The fourth-order valence-corrected chi connectivity index (χ4v) is 7.80. The molecule has 0 bridgehead atoms. The molecule has 2 aliphatic heterocycles. The van der Waals surface area contributed by atoms with Gasteiger partial charge in [0.15, 0.2) is 6.61 Å². The van der Waals surface area contributed by atoms with Crippen LogP contribution >= 0.6 is 23.1 Å². The number of aromatic nitrogens is 1. The number of thiazole rings is 1. The van der Waals surface area contributed by atoms with Gasteiger partial charge in [0.25, 0.3) is 5.91 Å². The molecule has 218 valence electrons. The molecule has 10 nitrogen and oxygen atoms in total. The molecule has 43 heavy (non-hydrogen) atoms. The smallest absolute Gasteiger partial charge is 0.338 e. The number of H-pyrrole nitrogens is 1. The van der Waals surface area contributed by atoms with E-state index in [9.17, 15) is 24.0 Å². The first-order valence-electron chi connectivity index (χ1n) is 13.5. The maximum atomic E-state index is 14.1. The van der Waals surface area contributed by atoms with E-state index in [1.165, 1.54) is 12.1 Å². The number of nitrogens with zero attached hydrogens (tertiary/aromatic N) is 1. The van der Waals surface area contributed by atoms with Crippen molar-refractivity contribution in [3.63, 3.8) is 0 Å². The van der Waals surface area contributed by atoms with Gasteiger partial charge in [-0.1, -0.05) is 59.5 Å². The number of fused-ring (bicyclic) bond motifs is 2. The summed E-state index contributed by atoms with van der Waals surface area (Å²) in [6.07, 6.45) is 0. The standard InChI is InChI=1S/C31H25N3O7S2/c1-2-40-30(38)17-12-14-19(15-13-17)34-28(36)24-23(25-27(33-31(39)43-25)42-26(24)29(34)37)20-10-6-7-11-21(20)41-16-22(35)32-18-8-4-3-5-9-18/h3-15,23-24,26H,2,16H2,1H3,(H,32,35)(H,33,39)/t23-,24-,26+/m0/s1. The van der Waals surface area contributed by atoms with Crippen molar-refractivity contribution in [3.05, 3.63) is 105 Å². The molecule has 1 aromatic heterocycles. The molecule has 3 amide bonds. The third kappa shape index (κ3) is 5.46. The first-order chi connectivity index (χ1) is 20.9. The van der Waals surface area contributed by atoms with Gasteiger partial charge < -0.3 is 19.8 Å². The number of imide groups is 1. The fourth-order valence-electron chi connectivity index (χ4n) is 5.30. The number of aromatic amines is 1. The minimum Gasteiger partial charge on any atom is -0.483 e. The van der Waals surface area contributed by atoms with Crippen molar-refractivity contribution in [3.8, 4) is 5.75 Å². The first kappa shape index (κ1) is 28.4. The Hall–Kier alpha value is -4.68. The van der Waals surface area contributed by atoms with Crippen LogP contribution in [0.1, 0.15) is 33.6 Å². The lowest BCUT2D eigenvalue weighted by Crippen LogP contribution is -2.32. The Balaban J connectivity index is 1.32. The number of rotatable bonds is 8. The summed E-state index contributed by atoms with van der Waals surface area (Å²) in [5.41, 5.74) is 1.85. The number of hydrogen-bond acceptors (Lipinski definition) is 9. The molecule has 1 fully saturated rings. The summed E-state index contributed by atoms with van der Waals surface area (Å²) >= 11 is 2.15. The number of thioether (sulfide) groups is 1. The third-order valence-electron chi connectivity index (χ3n) is 7.13. The summed E-state index contributed by atoms with van der Waals surface area (Å²) in [5, 5.41) is 2.49. The predicted octanol–water partition coefficient (Wildman–Crippen LogP) is 4.43.